The van der Waals surface area contributed by atoms with E-state index in [4.69, 9.17) is 11.0 Å². The highest BCUT2D eigenvalue weighted by Crippen LogP contribution is 2.36. The van der Waals surface area contributed by atoms with Crippen LogP contribution in [0.2, 0.25) is 0 Å². The zero-order chi connectivity index (χ0) is 12.6. The fourth-order valence-corrected chi connectivity index (χ4v) is 3.42. The van der Waals surface area contributed by atoms with Crippen LogP contribution in [0.1, 0.15) is 22.3 Å². The van der Waals surface area contributed by atoms with Gasteiger partial charge in [-0.05, 0) is 13.2 Å². The molecule has 0 aliphatic carbocycles. The van der Waals surface area contributed by atoms with Gasteiger partial charge in [-0.2, -0.15) is 5.26 Å². The smallest absolute Gasteiger partial charge is 0.183 e. The Hall–Kier alpha value is -1.65. The predicted octanol–water partition coefficient (Wildman–Crippen LogP) is 2.07. The summed E-state index contributed by atoms with van der Waals surface area (Å²) in [5, 5.41) is 8.85. The summed E-state index contributed by atoms with van der Waals surface area (Å²) in [6, 6.07) is 1.89. The van der Waals surface area contributed by atoms with E-state index >= 15 is 0 Å². The lowest BCUT2D eigenvalue weighted by atomic mass is 10.3. The second kappa shape index (κ2) is 4.31. The average molecular weight is 264 g/mol. The van der Waals surface area contributed by atoms with Gasteiger partial charge in [-0.3, -0.25) is 4.79 Å². The van der Waals surface area contributed by atoms with Crippen molar-refractivity contribution < 1.29 is 4.79 Å². The van der Waals surface area contributed by atoms with Gasteiger partial charge in [0.25, 0.3) is 0 Å². The highest BCUT2D eigenvalue weighted by molar-refractivity contribution is 7.99. The molecule has 0 bridgehead atoms. The molecule has 0 aliphatic heterocycles. The molecule has 17 heavy (non-hydrogen) atoms. The van der Waals surface area contributed by atoms with Gasteiger partial charge in [0.2, 0.25) is 0 Å². The summed E-state index contributed by atoms with van der Waals surface area (Å²) >= 11 is 2.68. The number of carbonyl (C=O) groups excluding carboxylic acids is 1. The molecule has 0 saturated heterocycles. The zero-order valence-corrected chi connectivity index (χ0v) is 10.8. The van der Waals surface area contributed by atoms with Crippen LogP contribution in [-0.2, 0) is 0 Å². The number of nitrogens with two attached hydrogens (primary N) is 1. The Balaban J connectivity index is 2.84. The topological polar surface area (TPSA) is 92.7 Å². The van der Waals surface area contributed by atoms with E-state index in [1.807, 2.05) is 12.3 Å². The number of ketones is 1. The van der Waals surface area contributed by atoms with Crippen molar-refractivity contribution in [1.82, 2.24) is 9.97 Å². The Morgan fingerprint density at radius 2 is 2.24 bits per heavy atom. The Morgan fingerprint density at radius 1 is 1.53 bits per heavy atom. The molecule has 2 aromatic rings. The van der Waals surface area contributed by atoms with Gasteiger partial charge in [0.15, 0.2) is 17.3 Å². The number of hydrogen-bond acceptors (Lipinski definition) is 7. The van der Waals surface area contributed by atoms with Crippen LogP contribution in [0.4, 0.5) is 5.82 Å². The number of anilines is 1. The number of Topliss-reactive ketones (excluding diaryl/α,β-unsaturated/α-hetero) is 1. The summed E-state index contributed by atoms with van der Waals surface area (Å²) in [6.45, 7) is 1.50. The Labute approximate surface area is 106 Å². The molecular weight excluding hydrogens is 256 g/mol. The fourth-order valence-electron chi connectivity index (χ4n) is 1.41. The summed E-state index contributed by atoms with van der Waals surface area (Å²) in [5.41, 5.74) is 6.27. The molecule has 7 heteroatoms. The SMILES string of the molecule is CSc1c(C(C)=O)sc2nc(N)c(C#N)nc12. The van der Waals surface area contributed by atoms with Gasteiger partial charge in [-0.25, -0.2) is 9.97 Å². The fraction of sp³-hybridized carbons (Fsp3) is 0.200. The Kier molecular flexibility index (Phi) is 3.00. The molecule has 0 fully saturated rings. The van der Waals surface area contributed by atoms with Crippen LogP contribution in [-0.4, -0.2) is 22.0 Å². The first kappa shape index (κ1) is 11.8. The van der Waals surface area contributed by atoms with Gasteiger partial charge in [0, 0.05) is 0 Å². The van der Waals surface area contributed by atoms with Gasteiger partial charge in [0.05, 0.1) is 9.77 Å². The normalized spacial score (nSPS) is 10.4. The number of aromatic nitrogens is 2. The predicted molar refractivity (Wildman–Crippen MR) is 68.3 cm³/mol. The number of nitrogens with zero attached hydrogens (tertiary/aromatic N) is 3. The van der Waals surface area contributed by atoms with Crippen molar-refractivity contribution in [3.63, 3.8) is 0 Å². The molecule has 0 atom stereocenters. The molecule has 0 aromatic carbocycles. The molecule has 2 N–H and O–H groups in total. The minimum absolute atomic E-state index is 0.0313. The lowest BCUT2D eigenvalue weighted by molar-refractivity contribution is 0.101. The van der Waals surface area contributed by atoms with Crippen LogP contribution in [0.25, 0.3) is 10.3 Å². The summed E-state index contributed by atoms with van der Waals surface area (Å²) in [7, 11) is 0. The van der Waals surface area contributed by atoms with Crippen LogP contribution in [0.3, 0.4) is 0 Å². The van der Waals surface area contributed by atoms with Gasteiger partial charge in [0.1, 0.15) is 16.4 Å². The van der Waals surface area contributed by atoms with Gasteiger partial charge < -0.3 is 5.73 Å². The third kappa shape index (κ3) is 1.85. The number of nitriles is 1. The number of thiophene rings is 1. The number of thioether (sulfide) groups is 1. The van der Waals surface area contributed by atoms with Gasteiger partial charge in [-0.1, -0.05) is 0 Å². The maximum Gasteiger partial charge on any atom is 0.183 e. The first-order valence-corrected chi connectivity index (χ1v) is 6.67. The number of fused-ring (bicyclic) bond motifs is 1. The van der Waals surface area contributed by atoms with Crippen molar-refractivity contribution in [2.45, 2.75) is 11.8 Å². The maximum atomic E-state index is 11.5. The van der Waals surface area contributed by atoms with E-state index in [9.17, 15) is 4.79 Å². The third-order valence-electron chi connectivity index (χ3n) is 2.14. The van der Waals surface area contributed by atoms with Crippen LogP contribution in [0.5, 0.6) is 0 Å². The molecule has 2 rings (SSSR count). The molecule has 0 spiro atoms. The monoisotopic (exact) mass is 264 g/mol. The Morgan fingerprint density at radius 3 is 2.76 bits per heavy atom. The number of nitrogen functional groups attached to an aromatic ring is 1. The molecule has 0 amide bonds. The molecule has 0 saturated carbocycles. The van der Waals surface area contributed by atoms with Crippen molar-refractivity contribution in [1.29, 1.82) is 5.26 Å². The minimum atomic E-state index is -0.0313. The van der Waals surface area contributed by atoms with E-state index in [0.717, 1.165) is 4.90 Å². The van der Waals surface area contributed by atoms with Crippen LogP contribution >= 0.6 is 23.1 Å². The lowest BCUT2D eigenvalue weighted by Crippen LogP contribution is -1.97. The molecule has 0 radical (unpaired) electrons. The van der Waals surface area contributed by atoms with Crippen LogP contribution in [0, 0.1) is 11.3 Å². The van der Waals surface area contributed by atoms with Crippen molar-refractivity contribution in [2.24, 2.45) is 0 Å². The average Bonchev–Trinajstić information content (AvgIpc) is 2.65. The van der Waals surface area contributed by atoms with Gasteiger partial charge >= 0.3 is 0 Å². The standard InChI is InChI=1S/C10H8N4OS2/c1-4(15)7-8(16-2)6-10(17-7)14-9(12)5(3-11)13-6/h1-2H3,(H2,12,14). The molecule has 2 heterocycles. The molecule has 5 nitrogen and oxygen atoms in total. The van der Waals surface area contributed by atoms with Crippen molar-refractivity contribution >= 4 is 45.0 Å². The van der Waals surface area contributed by atoms with E-state index in [2.05, 4.69) is 9.97 Å². The van der Waals surface area contributed by atoms with Crippen molar-refractivity contribution in [3.8, 4) is 6.07 Å². The second-order valence-electron chi connectivity index (χ2n) is 3.24. The van der Waals surface area contributed by atoms with E-state index < -0.39 is 0 Å². The number of hydrogen-bond donors (Lipinski definition) is 1. The third-order valence-corrected chi connectivity index (χ3v) is 4.25. The summed E-state index contributed by atoms with van der Waals surface area (Å²) < 4.78 is 0. The molecule has 0 unspecified atom stereocenters. The van der Waals surface area contributed by atoms with Crippen LogP contribution < -0.4 is 5.73 Å². The first-order valence-electron chi connectivity index (χ1n) is 4.63. The van der Waals surface area contributed by atoms with Crippen molar-refractivity contribution in [2.75, 3.05) is 12.0 Å². The van der Waals surface area contributed by atoms with E-state index in [1.54, 1.807) is 0 Å². The van der Waals surface area contributed by atoms with Crippen LogP contribution in [0.15, 0.2) is 4.90 Å². The maximum absolute atomic E-state index is 11.5. The van der Waals surface area contributed by atoms with E-state index in [0.29, 0.717) is 15.2 Å². The largest absolute Gasteiger partial charge is 0.381 e. The zero-order valence-electron chi connectivity index (χ0n) is 9.14. The molecular formula is C10H8N4OS2. The second-order valence-corrected chi connectivity index (χ2v) is 5.06. The molecule has 86 valence electrons. The summed E-state index contributed by atoms with van der Waals surface area (Å²) in [6.07, 6.45) is 1.86. The van der Waals surface area contributed by atoms with E-state index in [1.165, 1.54) is 30.0 Å². The Bertz CT molecular complexity index is 656. The lowest BCUT2D eigenvalue weighted by Gasteiger charge is -1.97. The van der Waals surface area contributed by atoms with Gasteiger partial charge in [-0.15, -0.1) is 23.1 Å². The summed E-state index contributed by atoms with van der Waals surface area (Å²) in [5.74, 6) is 0.0697. The highest BCUT2D eigenvalue weighted by atomic mass is 32.2. The quantitative estimate of drug-likeness (QED) is 0.659. The minimum Gasteiger partial charge on any atom is -0.381 e. The molecule has 2 aromatic heterocycles. The number of carbonyl (C=O) groups is 1. The van der Waals surface area contributed by atoms with Crippen molar-refractivity contribution in [3.05, 3.63) is 10.6 Å². The number of rotatable bonds is 2. The first-order chi connectivity index (χ1) is 8.08. The van der Waals surface area contributed by atoms with E-state index in [-0.39, 0.29) is 17.3 Å². The highest BCUT2D eigenvalue weighted by Gasteiger charge is 2.18. The summed E-state index contributed by atoms with van der Waals surface area (Å²) in [4.78, 5) is 21.7. The molecule has 0 aliphatic rings.